The molecule has 0 aromatic heterocycles. The van der Waals surface area contributed by atoms with Gasteiger partial charge in [0.1, 0.15) is 0 Å². The maximum absolute atomic E-state index is 13.3. The highest BCUT2D eigenvalue weighted by Gasteiger charge is 2.24. The molecule has 142 valence electrons. The molecule has 0 spiro atoms. The molecular formula is C17H22F2N4O3. The molecule has 1 heterocycles. The van der Waals surface area contributed by atoms with E-state index in [9.17, 15) is 23.2 Å². The lowest BCUT2D eigenvalue weighted by molar-refractivity contribution is -0.121. The van der Waals surface area contributed by atoms with Gasteiger partial charge in [-0.25, -0.2) is 13.6 Å². The van der Waals surface area contributed by atoms with Crippen LogP contribution >= 0.6 is 0 Å². The van der Waals surface area contributed by atoms with E-state index in [2.05, 4.69) is 10.6 Å². The summed E-state index contributed by atoms with van der Waals surface area (Å²) in [5, 5.41) is 4.80. The van der Waals surface area contributed by atoms with Gasteiger partial charge in [-0.15, -0.1) is 0 Å². The Labute approximate surface area is 150 Å². The van der Waals surface area contributed by atoms with Crippen LogP contribution in [0.25, 0.3) is 0 Å². The monoisotopic (exact) mass is 368 g/mol. The number of carbonyl (C=O) groups is 3. The van der Waals surface area contributed by atoms with Gasteiger partial charge in [0.15, 0.2) is 11.6 Å². The Balaban J connectivity index is 1.81. The molecule has 0 saturated carbocycles. The summed E-state index contributed by atoms with van der Waals surface area (Å²) in [6, 6.07) is 2.43. The lowest BCUT2D eigenvalue weighted by atomic mass is 10.1. The number of carbonyl (C=O) groups excluding carboxylic acids is 3. The van der Waals surface area contributed by atoms with E-state index in [0.717, 1.165) is 12.1 Å². The Morgan fingerprint density at radius 2 is 1.73 bits per heavy atom. The van der Waals surface area contributed by atoms with E-state index in [1.165, 1.54) is 11.0 Å². The van der Waals surface area contributed by atoms with Crippen molar-refractivity contribution < 1.29 is 23.2 Å². The van der Waals surface area contributed by atoms with Gasteiger partial charge in [-0.1, -0.05) is 0 Å². The molecule has 1 fully saturated rings. The molecule has 0 bridgehead atoms. The van der Waals surface area contributed by atoms with E-state index in [-0.39, 0.29) is 24.1 Å². The van der Waals surface area contributed by atoms with Crippen molar-refractivity contribution in [2.24, 2.45) is 0 Å². The van der Waals surface area contributed by atoms with Crippen LogP contribution in [0.4, 0.5) is 13.6 Å². The Morgan fingerprint density at radius 3 is 2.31 bits per heavy atom. The smallest absolute Gasteiger partial charge is 0.321 e. The molecule has 9 heteroatoms. The Bertz CT molecular complexity index is 689. The maximum atomic E-state index is 13.3. The van der Waals surface area contributed by atoms with Crippen molar-refractivity contribution in [1.82, 2.24) is 20.4 Å². The molecule has 7 nitrogen and oxygen atoms in total. The second-order valence-electron chi connectivity index (χ2n) is 6.37. The van der Waals surface area contributed by atoms with Crippen molar-refractivity contribution in [3.05, 3.63) is 35.4 Å². The van der Waals surface area contributed by atoms with Gasteiger partial charge in [-0.2, -0.15) is 0 Å². The molecule has 4 amide bonds. The number of halogens is 2. The fourth-order valence-corrected chi connectivity index (χ4v) is 2.59. The average Bonchev–Trinajstić information content (AvgIpc) is 2.56. The van der Waals surface area contributed by atoms with Crippen molar-refractivity contribution in [3.63, 3.8) is 0 Å². The molecular weight excluding hydrogens is 346 g/mol. The second-order valence-corrected chi connectivity index (χ2v) is 6.37. The number of piperazine rings is 1. The maximum Gasteiger partial charge on any atom is 0.321 e. The first kappa shape index (κ1) is 19.8. The van der Waals surface area contributed by atoms with Gasteiger partial charge in [0, 0.05) is 37.8 Å². The van der Waals surface area contributed by atoms with Crippen LogP contribution in [-0.2, 0) is 4.79 Å². The summed E-state index contributed by atoms with van der Waals surface area (Å²) in [4.78, 5) is 39.0. The molecule has 1 saturated heterocycles. The molecule has 0 aliphatic carbocycles. The zero-order valence-electron chi connectivity index (χ0n) is 14.7. The van der Waals surface area contributed by atoms with Crippen LogP contribution in [0.3, 0.4) is 0 Å². The molecule has 1 aliphatic rings. The summed E-state index contributed by atoms with van der Waals surface area (Å²) in [6.45, 7) is 5.19. The van der Waals surface area contributed by atoms with Crippen LogP contribution in [0.15, 0.2) is 18.2 Å². The minimum Gasteiger partial charge on any atom is -0.336 e. The van der Waals surface area contributed by atoms with E-state index < -0.39 is 23.6 Å². The summed E-state index contributed by atoms with van der Waals surface area (Å²) in [5.41, 5.74) is 0.0837. The number of nitrogens with one attached hydrogen (secondary N) is 2. The van der Waals surface area contributed by atoms with Crippen molar-refractivity contribution in [2.45, 2.75) is 19.9 Å². The highest BCUT2D eigenvalue weighted by Crippen LogP contribution is 2.12. The third-order valence-corrected chi connectivity index (χ3v) is 3.87. The number of nitrogens with zero attached hydrogens (tertiary/aromatic N) is 2. The van der Waals surface area contributed by atoms with E-state index in [1.807, 2.05) is 4.90 Å². The van der Waals surface area contributed by atoms with Crippen LogP contribution in [-0.4, -0.2) is 66.4 Å². The Hall–Kier alpha value is -2.55. The SMILES string of the molecule is CC(C)NC(=O)NC(=O)CN1CCN(C(=O)c2ccc(F)c(F)c2)CC1. The van der Waals surface area contributed by atoms with Gasteiger partial charge in [-0.3, -0.25) is 19.8 Å². The fourth-order valence-electron chi connectivity index (χ4n) is 2.59. The summed E-state index contributed by atoms with van der Waals surface area (Å²) >= 11 is 0. The van der Waals surface area contributed by atoms with Crippen LogP contribution in [0.5, 0.6) is 0 Å². The predicted octanol–water partition coefficient (Wildman–Crippen LogP) is 0.957. The van der Waals surface area contributed by atoms with Crippen LogP contribution < -0.4 is 10.6 Å². The second kappa shape index (κ2) is 8.70. The van der Waals surface area contributed by atoms with E-state index in [4.69, 9.17) is 0 Å². The van der Waals surface area contributed by atoms with Gasteiger partial charge in [0.25, 0.3) is 5.91 Å². The number of rotatable bonds is 4. The van der Waals surface area contributed by atoms with Crippen LogP contribution in [0.2, 0.25) is 0 Å². The normalized spacial score (nSPS) is 15.0. The highest BCUT2D eigenvalue weighted by atomic mass is 19.2. The van der Waals surface area contributed by atoms with Gasteiger partial charge in [0.2, 0.25) is 5.91 Å². The quantitative estimate of drug-likeness (QED) is 0.829. The van der Waals surface area contributed by atoms with Crippen LogP contribution in [0, 0.1) is 11.6 Å². The lowest BCUT2D eigenvalue weighted by Gasteiger charge is -2.34. The molecule has 0 unspecified atom stereocenters. The third kappa shape index (κ3) is 5.48. The molecule has 2 N–H and O–H groups in total. The van der Waals surface area contributed by atoms with E-state index in [1.54, 1.807) is 13.8 Å². The van der Waals surface area contributed by atoms with Crippen molar-refractivity contribution in [3.8, 4) is 0 Å². The zero-order chi connectivity index (χ0) is 19.3. The number of amides is 4. The number of hydrogen-bond donors (Lipinski definition) is 2. The fraction of sp³-hybridized carbons (Fsp3) is 0.471. The molecule has 2 rings (SSSR count). The molecule has 1 aromatic rings. The first-order valence-electron chi connectivity index (χ1n) is 8.33. The molecule has 26 heavy (non-hydrogen) atoms. The predicted molar refractivity (Wildman–Crippen MR) is 90.5 cm³/mol. The largest absolute Gasteiger partial charge is 0.336 e. The van der Waals surface area contributed by atoms with E-state index in [0.29, 0.717) is 26.2 Å². The van der Waals surface area contributed by atoms with Gasteiger partial charge < -0.3 is 10.2 Å². The van der Waals surface area contributed by atoms with E-state index >= 15 is 0 Å². The van der Waals surface area contributed by atoms with Gasteiger partial charge in [0.05, 0.1) is 6.54 Å². The third-order valence-electron chi connectivity index (χ3n) is 3.87. The van der Waals surface area contributed by atoms with Crippen molar-refractivity contribution in [1.29, 1.82) is 0 Å². The minimum absolute atomic E-state index is 0.0404. The topological polar surface area (TPSA) is 81.8 Å². The van der Waals surface area contributed by atoms with Gasteiger partial charge in [-0.05, 0) is 32.0 Å². The van der Waals surface area contributed by atoms with Gasteiger partial charge >= 0.3 is 6.03 Å². The molecule has 0 atom stereocenters. The van der Waals surface area contributed by atoms with Crippen molar-refractivity contribution >= 4 is 17.8 Å². The molecule has 0 radical (unpaired) electrons. The summed E-state index contributed by atoms with van der Waals surface area (Å²) < 4.78 is 26.2. The Morgan fingerprint density at radius 1 is 1.08 bits per heavy atom. The lowest BCUT2D eigenvalue weighted by Crippen LogP contribution is -2.52. The standard InChI is InChI=1S/C17H22F2N4O3/c1-11(2)20-17(26)21-15(24)10-22-5-7-23(8-6-22)16(25)12-3-4-13(18)14(19)9-12/h3-4,9,11H,5-8,10H2,1-2H3,(H2,20,21,24,26). The minimum atomic E-state index is -1.06. The Kier molecular flexibility index (Phi) is 6.62. The summed E-state index contributed by atoms with van der Waals surface area (Å²) in [5.74, 6) is -2.88. The number of benzene rings is 1. The summed E-state index contributed by atoms with van der Waals surface area (Å²) in [7, 11) is 0. The molecule has 1 aromatic carbocycles. The highest BCUT2D eigenvalue weighted by molar-refractivity contribution is 5.95. The van der Waals surface area contributed by atoms with Crippen LogP contribution in [0.1, 0.15) is 24.2 Å². The first-order valence-corrected chi connectivity index (χ1v) is 8.33. The first-order chi connectivity index (χ1) is 12.3. The number of hydrogen-bond acceptors (Lipinski definition) is 4. The number of urea groups is 1. The summed E-state index contributed by atoms with van der Waals surface area (Å²) in [6.07, 6.45) is 0. The zero-order valence-corrected chi connectivity index (χ0v) is 14.7. The molecule has 1 aliphatic heterocycles. The average molecular weight is 368 g/mol. The number of imide groups is 1. The van der Waals surface area contributed by atoms with Crippen molar-refractivity contribution in [2.75, 3.05) is 32.7 Å².